The highest BCUT2D eigenvalue weighted by molar-refractivity contribution is 5.54. The number of aliphatic hydroxyl groups is 5. The van der Waals surface area contributed by atoms with Gasteiger partial charge in [-0.2, -0.15) is 0 Å². The topological polar surface area (TPSA) is 210 Å². The number of piperidine rings is 5. The van der Waals surface area contributed by atoms with Crippen molar-refractivity contribution in [1.82, 2.24) is 24.5 Å². The number of nitrogens with zero attached hydrogens (tertiary/aromatic N) is 5. The molecule has 10 heterocycles. The van der Waals surface area contributed by atoms with Crippen LogP contribution < -0.4 is 47.4 Å². The SMILES string of the molecule is [2H]c1c2c(c([2H])c(OC([2H])([2H])[2H])c1OC)C1([2H])CC(O)C(C([2H])([2H])C([2H])(C)C([2H])([2H])[2H])CN1CC2.[2H]c1c2c(c([2H])c(OC([2H])([2H])[2H])c1OC)C1([2H])CC(O)C(CC(C)C)CN1CC2.[2H]c1c2c(c([2H])c(OC)c1OC)C1([2H])CC(O)C(C([2H])([2H])C([2H])(C)C([2H])([2H])[2H])CN1CC2.[2H]c1c2c(c([2H])c(OC)c1OC)C1([2H])CC(O)C(C([2H])([2H])C([2H])(C)C([2H])([2H])[2H])CN1CC2.[2H]c1c2c(c([2H])c(OC)c1OC)C1([2H])CC(O)C(CC(C)C)CN1CC2. The molecule has 5 N–H and O–H groups in total. The van der Waals surface area contributed by atoms with Crippen LogP contribution in [0.4, 0.5) is 0 Å². The van der Waals surface area contributed by atoms with Gasteiger partial charge in [0.15, 0.2) is 57.5 Å². The Morgan fingerprint density at radius 2 is 0.522 bits per heavy atom. The fraction of sp³-hybridized carbons (Fsp3) is 0.684. The number of benzene rings is 5. The van der Waals surface area contributed by atoms with Gasteiger partial charge in [0.25, 0.3) is 0 Å². The average Bonchev–Trinajstić information content (AvgIpc) is 0.709. The van der Waals surface area contributed by atoms with E-state index in [0.717, 1.165) is 33.6 Å². The van der Waals surface area contributed by atoms with Gasteiger partial charge in [-0.25, -0.2) is 0 Å². The van der Waals surface area contributed by atoms with Crippen molar-refractivity contribution in [3.05, 3.63) is 116 Å². The van der Waals surface area contributed by atoms with E-state index in [2.05, 4.69) is 32.6 Å². The lowest BCUT2D eigenvalue weighted by atomic mass is 9.79. The van der Waals surface area contributed by atoms with Crippen LogP contribution >= 0.6 is 0 Å². The lowest BCUT2D eigenvalue weighted by molar-refractivity contribution is -0.0192. The summed E-state index contributed by atoms with van der Waals surface area (Å²) < 4.78 is 373. The van der Waals surface area contributed by atoms with Crippen molar-refractivity contribution < 1.29 is 126 Å². The Balaban J connectivity index is 0.000000182. The Bertz CT molecular complexity index is 5750. The third-order valence-corrected chi connectivity index (χ3v) is 22.8. The Morgan fingerprint density at radius 1 is 0.330 bits per heavy atom. The van der Waals surface area contributed by atoms with Crippen molar-refractivity contribution in [3.8, 4) is 57.5 Å². The first-order valence-corrected chi connectivity index (χ1v) is 39.6. The van der Waals surface area contributed by atoms with Gasteiger partial charge in [0.1, 0.15) is 0 Å². The van der Waals surface area contributed by atoms with E-state index < -0.39 is 168 Å². The molecule has 5 saturated heterocycles. The number of hydrogen-bond donors (Lipinski definition) is 5. The predicted molar refractivity (Wildman–Crippen MR) is 456 cm³/mol. The zero-order valence-corrected chi connectivity index (χ0v) is 69.0. The molecule has 20 nitrogen and oxygen atoms in total. The minimum Gasteiger partial charge on any atom is -0.493 e. The quantitative estimate of drug-likeness (QED) is 0.0491. The van der Waals surface area contributed by atoms with Crippen LogP contribution in [0.2, 0.25) is 0 Å². The molecule has 15 rings (SSSR count). The summed E-state index contributed by atoms with van der Waals surface area (Å²) in [6.45, 7) is 5.01. The molecule has 0 saturated carbocycles. The molecule has 0 spiro atoms. The lowest BCUT2D eigenvalue weighted by Crippen LogP contribution is -2.48. The Hall–Kier alpha value is -6.30. The fourth-order valence-corrected chi connectivity index (χ4v) is 17.4. The maximum Gasteiger partial charge on any atom is 0.161 e. The highest BCUT2D eigenvalue weighted by Crippen LogP contribution is 2.50. The molecule has 10 aliphatic rings. The number of rotatable bonds is 20. The molecule has 0 bridgehead atoms. The van der Waals surface area contributed by atoms with Gasteiger partial charge < -0.3 is 72.9 Å². The maximum absolute atomic E-state index is 11.0. The van der Waals surface area contributed by atoms with Crippen molar-refractivity contribution >= 4 is 0 Å². The second kappa shape index (κ2) is 40.6. The third kappa shape index (κ3) is 21.1. The Labute approximate surface area is 744 Å². The zero-order chi connectivity index (χ0) is 117. The number of fused-ring (bicyclic) bond motifs is 15. The van der Waals surface area contributed by atoms with Gasteiger partial charge in [-0.1, -0.05) is 69.0 Å². The second-order valence-electron chi connectivity index (χ2n) is 31.6. The average molecular weight is 1640 g/mol. The summed E-state index contributed by atoms with van der Waals surface area (Å²) in [4.78, 5) is 8.69. The molecule has 5 aromatic carbocycles. The van der Waals surface area contributed by atoms with Crippen LogP contribution in [0.25, 0.3) is 0 Å². The Morgan fingerprint density at radius 3 is 0.713 bits per heavy atom. The van der Waals surface area contributed by atoms with E-state index in [1.54, 1.807) is 9.80 Å². The predicted octanol–water partition coefficient (Wildman–Crippen LogP) is 15.1. The van der Waals surface area contributed by atoms with Gasteiger partial charge in [0.05, 0.1) is 130 Å². The van der Waals surface area contributed by atoms with Crippen molar-refractivity contribution in [1.29, 1.82) is 0 Å². The summed E-state index contributed by atoms with van der Waals surface area (Å²) in [5, 5.41) is 54.3. The normalized spacial score (nSPS) is 38.1. The smallest absolute Gasteiger partial charge is 0.161 e. The summed E-state index contributed by atoms with van der Waals surface area (Å²) in [7, 11) is 5.05. The molecule has 20 heteroatoms. The molecular formula is C95H145N5O15. The van der Waals surface area contributed by atoms with Crippen LogP contribution in [0.15, 0.2) is 60.4 Å². The first-order valence-electron chi connectivity index (χ1n) is 59.1. The lowest BCUT2D eigenvalue weighted by Gasteiger charge is -2.46. The molecule has 0 aromatic heterocycles. The zero-order valence-electron chi connectivity index (χ0n) is 108. The number of aliphatic hydroxyl groups excluding tert-OH is 5. The summed E-state index contributed by atoms with van der Waals surface area (Å²) in [5.74, 6) is -10.8. The van der Waals surface area contributed by atoms with Gasteiger partial charge in [-0.3, -0.25) is 24.5 Å². The van der Waals surface area contributed by atoms with Gasteiger partial charge in [-0.05, 0) is 271 Å². The van der Waals surface area contributed by atoms with Gasteiger partial charge in [-0.15, -0.1) is 0 Å². The first-order chi connectivity index (χ1) is 70.4. The maximum atomic E-state index is 11.0. The molecule has 10 aliphatic heterocycles. The summed E-state index contributed by atoms with van der Waals surface area (Å²) in [6.07, 6.45) is -10.7. The second-order valence-corrected chi connectivity index (χ2v) is 31.6. The van der Waals surface area contributed by atoms with Crippen molar-refractivity contribution in [2.24, 2.45) is 59.1 Å². The van der Waals surface area contributed by atoms with Crippen molar-refractivity contribution in [2.45, 2.75) is 226 Å². The molecule has 0 radical (unpaired) electrons. The molecule has 640 valence electrons. The van der Waals surface area contributed by atoms with Crippen LogP contribution in [0, 0.1) is 59.1 Å². The van der Waals surface area contributed by atoms with E-state index in [0.29, 0.717) is 91.5 Å². The number of hydrogen-bond acceptors (Lipinski definition) is 20. The molecule has 5 fully saturated rings. The monoisotopic (exact) mass is 1640 g/mol. The standard InChI is InChI=1S/5C19H29NO3/c5*1-12(2)7-14-11-20-6-5-13-8-18(22-3)19(23-4)9-15(13)16(20)10-17(14)21/h5*8-9,12,14,16-17,21H,5-7,10-11H2,1-4H3/i1D3,4D3,7D2,8D,9D,12D,16D;2*1D3,7D2,8D,9D,12D,16D;4D3,8D,9D,16D;8D,9D,16D. The molecule has 0 aliphatic carbocycles. The minimum atomic E-state index is -2.98. The fourth-order valence-electron chi connectivity index (χ4n) is 17.4. The van der Waals surface area contributed by atoms with E-state index in [1.165, 1.54) is 61.8 Å². The van der Waals surface area contributed by atoms with Gasteiger partial charge in [0.2, 0.25) is 0 Å². The van der Waals surface area contributed by atoms with Crippen LogP contribution in [-0.2, 0) is 32.1 Å². The largest absolute Gasteiger partial charge is 0.493 e. The van der Waals surface area contributed by atoms with E-state index >= 15 is 0 Å². The highest BCUT2D eigenvalue weighted by Gasteiger charge is 2.45. The molecule has 18 atom stereocenters. The van der Waals surface area contributed by atoms with E-state index in [4.69, 9.17) is 95.3 Å². The van der Waals surface area contributed by atoms with Crippen LogP contribution in [0.1, 0.15) is 272 Å². The van der Waals surface area contributed by atoms with E-state index in [-0.39, 0.29) is 217 Å². The van der Waals surface area contributed by atoms with E-state index in [9.17, 15) is 31.0 Å². The molecular weight excluding hydrogens is 1450 g/mol. The molecule has 18 unspecified atom stereocenters. The third-order valence-electron chi connectivity index (χ3n) is 22.8. The van der Waals surface area contributed by atoms with E-state index in [1.807, 2.05) is 4.90 Å². The highest BCUT2D eigenvalue weighted by atomic mass is 16.5. The molecule has 115 heavy (non-hydrogen) atoms. The first kappa shape index (κ1) is 50.7. The van der Waals surface area contributed by atoms with Crippen molar-refractivity contribution in [2.75, 3.05) is 136 Å². The molecule has 0 amide bonds. The van der Waals surface area contributed by atoms with Crippen LogP contribution in [-0.4, -0.2) is 217 Å². The number of methoxy groups -OCH3 is 10. The summed E-state index contributed by atoms with van der Waals surface area (Å²) in [6, 6.07) is -8.69. The Kier molecular flexibility index (Phi) is 17.9. The van der Waals surface area contributed by atoms with Crippen molar-refractivity contribution in [3.63, 3.8) is 0 Å². The summed E-state index contributed by atoms with van der Waals surface area (Å²) >= 11 is 0. The van der Waals surface area contributed by atoms with Crippen LogP contribution in [0.5, 0.6) is 57.5 Å². The van der Waals surface area contributed by atoms with Gasteiger partial charge >= 0.3 is 0 Å². The molecule has 5 aromatic rings. The minimum absolute atomic E-state index is 0.00898. The number of ether oxygens (including phenoxy) is 10. The summed E-state index contributed by atoms with van der Waals surface area (Å²) in [5.41, 5.74) is 3.42. The van der Waals surface area contributed by atoms with Gasteiger partial charge in [0, 0.05) is 120 Å². The van der Waals surface area contributed by atoms with Crippen LogP contribution in [0.3, 0.4) is 0 Å².